The number of carbonyl (C=O) groups excluding carboxylic acids is 2. The van der Waals surface area contributed by atoms with Gasteiger partial charge in [-0.3, -0.25) is 14.5 Å². The predicted molar refractivity (Wildman–Crippen MR) is 80.4 cm³/mol. The Bertz CT molecular complexity index is 488. The third-order valence-electron chi connectivity index (χ3n) is 3.00. The number of benzene rings is 1. The molecule has 1 rings (SSSR count). The summed E-state index contributed by atoms with van der Waals surface area (Å²) in [5.41, 5.74) is 0.522. The van der Waals surface area contributed by atoms with Crippen LogP contribution in [0.25, 0.3) is 0 Å². The maximum atomic E-state index is 12.8. The van der Waals surface area contributed by atoms with Gasteiger partial charge in [0.25, 0.3) is 0 Å². The first-order valence-corrected chi connectivity index (χ1v) is 6.85. The average molecular weight is 295 g/mol. The maximum Gasteiger partial charge on any atom is 0.241 e. The molecule has 0 aliphatic carbocycles. The van der Waals surface area contributed by atoms with Crippen molar-refractivity contribution in [2.45, 2.75) is 32.9 Å². The van der Waals surface area contributed by atoms with Crippen molar-refractivity contribution in [2.24, 2.45) is 0 Å². The van der Waals surface area contributed by atoms with Gasteiger partial charge in [0.15, 0.2) is 0 Å². The van der Waals surface area contributed by atoms with Gasteiger partial charge >= 0.3 is 0 Å². The molecule has 0 aliphatic heterocycles. The zero-order valence-corrected chi connectivity index (χ0v) is 12.8. The first-order chi connectivity index (χ1) is 9.79. The van der Waals surface area contributed by atoms with E-state index in [0.29, 0.717) is 5.69 Å². The number of likely N-dealkylation sites (N-methyl/N-ethyl adjacent to an activating group) is 1. The van der Waals surface area contributed by atoms with E-state index in [1.54, 1.807) is 18.9 Å². The van der Waals surface area contributed by atoms with Crippen molar-refractivity contribution in [2.75, 3.05) is 18.9 Å². The Labute approximate surface area is 124 Å². The Hall–Kier alpha value is -1.95. The van der Waals surface area contributed by atoms with Crippen LogP contribution in [0.1, 0.15) is 20.8 Å². The first-order valence-electron chi connectivity index (χ1n) is 6.85. The lowest BCUT2D eigenvalue weighted by molar-refractivity contribution is -0.125. The molecule has 6 heteroatoms. The van der Waals surface area contributed by atoms with Crippen molar-refractivity contribution in [1.82, 2.24) is 10.2 Å². The minimum absolute atomic E-state index is 0.0641. The molecule has 0 fully saturated rings. The molecule has 0 saturated carbocycles. The standard InChI is InChI=1S/C15H22FN3O2/c1-10(2)17-14(20)9-19(4)11(3)15(21)18-13-7-5-12(16)6-8-13/h5-8,10-11H,9H2,1-4H3,(H,17,20)(H,18,21)/t11-/m1/s1. The second-order valence-electron chi connectivity index (χ2n) is 5.31. The molecular weight excluding hydrogens is 273 g/mol. The third kappa shape index (κ3) is 5.91. The number of amides is 2. The molecular formula is C15H22FN3O2. The molecule has 0 radical (unpaired) electrons. The van der Waals surface area contributed by atoms with Crippen molar-refractivity contribution >= 4 is 17.5 Å². The van der Waals surface area contributed by atoms with Gasteiger partial charge in [-0.1, -0.05) is 0 Å². The number of rotatable bonds is 6. The van der Waals surface area contributed by atoms with E-state index in [4.69, 9.17) is 0 Å². The van der Waals surface area contributed by atoms with Crippen LogP contribution in [-0.4, -0.2) is 42.4 Å². The van der Waals surface area contributed by atoms with Crippen LogP contribution in [0.4, 0.5) is 10.1 Å². The molecule has 0 spiro atoms. The number of nitrogens with zero attached hydrogens (tertiary/aromatic N) is 1. The summed E-state index contributed by atoms with van der Waals surface area (Å²) < 4.78 is 12.8. The highest BCUT2D eigenvalue weighted by Gasteiger charge is 2.20. The highest BCUT2D eigenvalue weighted by atomic mass is 19.1. The Morgan fingerprint density at radius 3 is 2.29 bits per heavy atom. The molecule has 1 atom stereocenters. The molecule has 0 saturated heterocycles. The van der Waals surface area contributed by atoms with Gasteiger partial charge in [-0.15, -0.1) is 0 Å². The summed E-state index contributed by atoms with van der Waals surface area (Å²) in [6, 6.07) is 5.12. The van der Waals surface area contributed by atoms with E-state index < -0.39 is 6.04 Å². The predicted octanol–water partition coefficient (Wildman–Crippen LogP) is 1.61. The van der Waals surface area contributed by atoms with Gasteiger partial charge in [-0.25, -0.2) is 4.39 Å². The molecule has 0 unspecified atom stereocenters. The zero-order chi connectivity index (χ0) is 16.0. The van der Waals surface area contributed by atoms with Gasteiger partial charge in [-0.05, 0) is 52.1 Å². The van der Waals surface area contributed by atoms with Crippen LogP contribution in [0.15, 0.2) is 24.3 Å². The van der Waals surface area contributed by atoms with E-state index >= 15 is 0 Å². The lowest BCUT2D eigenvalue weighted by Crippen LogP contribution is -2.45. The molecule has 0 aromatic heterocycles. The second kappa shape index (κ2) is 7.73. The van der Waals surface area contributed by atoms with Crippen LogP contribution in [0.5, 0.6) is 0 Å². The lowest BCUT2D eigenvalue weighted by Gasteiger charge is -2.23. The quantitative estimate of drug-likeness (QED) is 0.838. The SMILES string of the molecule is CC(C)NC(=O)CN(C)[C@H](C)C(=O)Nc1ccc(F)cc1. The van der Waals surface area contributed by atoms with Gasteiger partial charge < -0.3 is 10.6 Å². The Morgan fingerprint density at radius 2 is 1.76 bits per heavy atom. The molecule has 0 heterocycles. The summed E-state index contributed by atoms with van der Waals surface area (Å²) in [5, 5.41) is 5.45. The highest BCUT2D eigenvalue weighted by Crippen LogP contribution is 2.09. The third-order valence-corrected chi connectivity index (χ3v) is 3.00. The fourth-order valence-electron chi connectivity index (χ4n) is 1.71. The maximum absolute atomic E-state index is 12.8. The van der Waals surface area contributed by atoms with Crippen molar-refractivity contribution in [3.05, 3.63) is 30.1 Å². The van der Waals surface area contributed by atoms with Gasteiger partial charge in [0, 0.05) is 11.7 Å². The van der Waals surface area contributed by atoms with Crippen LogP contribution < -0.4 is 10.6 Å². The summed E-state index contributed by atoms with van der Waals surface area (Å²) in [4.78, 5) is 25.4. The van der Waals surface area contributed by atoms with Crippen LogP contribution >= 0.6 is 0 Å². The number of carbonyl (C=O) groups is 2. The largest absolute Gasteiger partial charge is 0.353 e. The second-order valence-corrected chi connectivity index (χ2v) is 5.31. The van der Waals surface area contributed by atoms with E-state index in [1.165, 1.54) is 24.3 Å². The number of hydrogen-bond donors (Lipinski definition) is 2. The highest BCUT2D eigenvalue weighted by molar-refractivity contribution is 5.94. The minimum Gasteiger partial charge on any atom is -0.353 e. The first kappa shape index (κ1) is 17.1. The van der Waals surface area contributed by atoms with Crippen LogP contribution in [-0.2, 0) is 9.59 Å². The molecule has 0 bridgehead atoms. The van der Waals surface area contributed by atoms with Crippen molar-refractivity contribution in [3.63, 3.8) is 0 Å². The summed E-state index contributed by atoms with van der Waals surface area (Å²) in [5.74, 6) is -0.737. The minimum atomic E-state index is -0.479. The summed E-state index contributed by atoms with van der Waals surface area (Å²) in [6.45, 7) is 5.60. The molecule has 2 N–H and O–H groups in total. The fourth-order valence-corrected chi connectivity index (χ4v) is 1.71. The summed E-state index contributed by atoms with van der Waals surface area (Å²) >= 11 is 0. The number of nitrogens with one attached hydrogen (secondary N) is 2. The normalized spacial score (nSPS) is 12.3. The molecule has 116 valence electrons. The smallest absolute Gasteiger partial charge is 0.241 e. The average Bonchev–Trinajstić information content (AvgIpc) is 2.39. The molecule has 1 aromatic rings. The monoisotopic (exact) mass is 295 g/mol. The van der Waals surface area contributed by atoms with Crippen molar-refractivity contribution in [1.29, 1.82) is 0 Å². The fraction of sp³-hybridized carbons (Fsp3) is 0.467. The Kier molecular flexibility index (Phi) is 6.30. The van der Waals surface area contributed by atoms with E-state index in [2.05, 4.69) is 10.6 Å². The van der Waals surface area contributed by atoms with Crippen molar-refractivity contribution < 1.29 is 14.0 Å². The number of halogens is 1. The van der Waals surface area contributed by atoms with E-state index in [9.17, 15) is 14.0 Å². The van der Waals surface area contributed by atoms with Crippen LogP contribution in [0.2, 0.25) is 0 Å². The topological polar surface area (TPSA) is 61.4 Å². The lowest BCUT2D eigenvalue weighted by atomic mass is 10.2. The molecule has 0 aliphatic rings. The number of hydrogen-bond acceptors (Lipinski definition) is 3. The molecule has 21 heavy (non-hydrogen) atoms. The van der Waals surface area contributed by atoms with Gasteiger partial charge in [-0.2, -0.15) is 0 Å². The van der Waals surface area contributed by atoms with Crippen molar-refractivity contribution in [3.8, 4) is 0 Å². The molecule has 5 nitrogen and oxygen atoms in total. The summed E-state index contributed by atoms with van der Waals surface area (Å²) in [6.07, 6.45) is 0. The zero-order valence-electron chi connectivity index (χ0n) is 12.8. The van der Waals surface area contributed by atoms with Crippen LogP contribution in [0.3, 0.4) is 0 Å². The van der Waals surface area contributed by atoms with E-state index in [1.807, 2.05) is 13.8 Å². The van der Waals surface area contributed by atoms with Gasteiger partial charge in [0.2, 0.25) is 11.8 Å². The molecule has 2 amide bonds. The van der Waals surface area contributed by atoms with E-state index in [-0.39, 0.29) is 30.2 Å². The Balaban J connectivity index is 2.53. The van der Waals surface area contributed by atoms with Gasteiger partial charge in [0.05, 0.1) is 12.6 Å². The Morgan fingerprint density at radius 1 is 1.19 bits per heavy atom. The molecule has 1 aromatic carbocycles. The van der Waals surface area contributed by atoms with E-state index in [0.717, 1.165) is 0 Å². The summed E-state index contributed by atoms with van der Waals surface area (Å²) in [7, 11) is 1.70. The number of anilines is 1. The van der Waals surface area contributed by atoms with Crippen LogP contribution in [0, 0.1) is 5.82 Å². The van der Waals surface area contributed by atoms with Gasteiger partial charge in [0.1, 0.15) is 5.82 Å².